The molecule has 3 N–H and O–H groups in total. The second kappa shape index (κ2) is 5.55. The van der Waals surface area contributed by atoms with E-state index in [1.807, 2.05) is 19.9 Å². The zero-order valence-electron chi connectivity index (χ0n) is 11.5. The van der Waals surface area contributed by atoms with Crippen molar-refractivity contribution in [3.63, 3.8) is 0 Å². The summed E-state index contributed by atoms with van der Waals surface area (Å²) in [4.78, 5) is 0. The number of nitrogens with two attached hydrogens (primary N) is 1. The summed E-state index contributed by atoms with van der Waals surface area (Å²) in [5.41, 5.74) is 6.33. The molecule has 1 saturated carbocycles. The number of hydrogen-bond donors (Lipinski definition) is 2. The van der Waals surface area contributed by atoms with E-state index in [1.54, 1.807) is 0 Å². The molecule has 1 aromatic rings. The van der Waals surface area contributed by atoms with Crippen molar-refractivity contribution in [1.82, 2.24) is 5.43 Å². The average molecular weight is 268 g/mol. The minimum atomic E-state index is -2.49. The van der Waals surface area contributed by atoms with Crippen LogP contribution in [0.2, 0.25) is 0 Å². The first-order chi connectivity index (χ1) is 8.93. The molecule has 106 valence electrons. The summed E-state index contributed by atoms with van der Waals surface area (Å²) in [5, 5.41) is 0. The van der Waals surface area contributed by atoms with Crippen molar-refractivity contribution in [2.24, 2.45) is 11.8 Å². The van der Waals surface area contributed by atoms with Crippen molar-refractivity contribution >= 4 is 0 Å². The number of halogens is 2. The molecule has 4 heteroatoms. The zero-order valence-corrected chi connectivity index (χ0v) is 11.5. The molecular formula is C15H22F2N2. The van der Waals surface area contributed by atoms with Crippen molar-refractivity contribution in [2.45, 2.75) is 51.5 Å². The first kappa shape index (κ1) is 14.4. The fourth-order valence-electron chi connectivity index (χ4n) is 3.05. The normalized spacial score (nSPS) is 21.3. The van der Waals surface area contributed by atoms with E-state index in [1.165, 1.54) is 11.1 Å². The Morgan fingerprint density at radius 1 is 1.26 bits per heavy atom. The highest BCUT2D eigenvalue weighted by Gasteiger charge is 2.38. The summed E-state index contributed by atoms with van der Waals surface area (Å²) in [6, 6.07) is 6.18. The molecule has 0 saturated heterocycles. The Morgan fingerprint density at radius 3 is 2.42 bits per heavy atom. The molecule has 19 heavy (non-hydrogen) atoms. The Bertz CT molecular complexity index is 436. The summed E-state index contributed by atoms with van der Waals surface area (Å²) in [5.74, 6) is 3.37. The van der Waals surface area contributed by atoms with Crippen LogP contribution < -0.4 is 11.3 Å². The lowest BCUT2D eigenvalue weighted by atomic mass is 9.79. The van der Waals surface area contributed by atoms with Crippen LogP contribution in [0, 0.1) is 19.8 Å². The molecule has 1 aliphatic rings. The van der Waals surface area contributed by atoms with E-state index in [9.17, 15) is 8.78 Å². The molecule has 2 nitrogen and oxygen atoms in total. The number of nitrogens with one attached hydrogen (secondary N) is 1. The lowest BCUT2D eigenvalue weighted by molar-refractivity contribution is -0.0498. The first-order valence-corrected chi connectivity index (χ1v) is 6.84. The van der Waals surface area contributed by atoms with Gasteiger partial charge in [0.1, 0.15) is 0 Å². The molecule has 1 aromatic carbocycles. The minimum absolute atomic E-state index is 0.0270. The highest BCUT2D eigenvalue weighted by molar-refractivity contribution is 5.33. The second-order valence-corrected chi connectivity index (χ2v) is 5.70. The van der Waals surface area contributed by atoms with E-state index in [0.717, 1.165) is 5.56 Å². The second-order valence-electron chi connectivity index (χ2n) is 5.70. The largest absolute Gasteiger partial charge is 0.271 e. The van der Waals surface area contributed by atoms with Crippen molar-refractivity contribution in [1.29, 1.82) is 0 Å². The molecule has 0 bridgehead atoms. The van der Waals surface area contributed by atoms with E-state index < -0.39 is 5.92 Å². The summed E-state index contributed by atoms with van der Waals surface area (Å²) in [6.45, 7) is 4.09. The molecule has 0 spiro atoms. The lowest BCUT2D eigenvalue weighted by Gasteiger charge is -2.34. The van der Waals surface area contributed by atoms with E-state index in [-0.39, 0.29) is 24.8 Å². The maximum Gasteiger partial charge on any atom is 0.248 e. The van der Waals surface area contributed by atoms with Gasteiger partial charge in [0, 0.05) is 18.9 Å². The average Bonchev–Trinajstić information content (AvgIpc) is 2.34. The van der Waals surface area contributed by atoms with Crippen molar-refractivity contribution < 1.29 is 8.78 Å². The van der Waals surface area contributed by atoms with Gasteiger partial charge in [-0.3, -0.25) is 11.3 Å². The summed E-state index contributed by atoms with van der Waals surface area (Å²) >= 11 is 0. The van der Waals surface area contributed by atoms with Crippen LogP contribution in [0.25, 0.3) is 0 Å². The van der Waals surface area contributed by atoms with Gasteiger partial charge in [0.25, 0.3) is 0 Å². The molecule has 1 aliphatic carbocycles. The van der Waals surface area contributed by atoms with E-state index >= 15 is 0 Å². The SMILES string of the molecule is Cc1ccc(C(NN)C2CCC(F)(F)CC2)c(C)c1. The molecule has 0 aromatic heterocycles. The first-order valence-electron chi connectivity index (χ1n) is 6.84. The predicted octanol–water partition coefficient (Wildman–Crippen LogP) is 3.63. The summed E-state index contributed by atoms with van der Waals surface area (Å²) in [7, 11) is 0. The Labute approximate surface area is 113 Å². The molecule has 1 atom stereocenters. The number of aryl methyl sites for hydroxylation is 2. The third-order valence-electron chi connectivity index (χ3n) is 4.17. The molecule has 1 unspecified atom stereocenters. The number of alkyl halides is 2. The third-order valence-corrected chi connectivity index (χ3v) is 4.17. The smallest absolute Gasteiger partial charge is 0.248 e. The van der Waals surface area contributed by atoms with Crippen LogP contribution in [-0.2, 0) is 0 Å². The third kappa shape index (κ3) is 3.31. The fourth-order valence-corrected chi connectivity index (χ4v) is 3.05. The van der Waals surface area contributed by atoms with Gasteiger partial charge in [-0.1, -0.05) is 23.8 Å². The van der Waals surface area contributed by atoms with Gasteiger partial charge >= 0.3 is 0 Å². The number of rotatable bonds is 3. The number of hydrogen-bond acceptors (Lipinski definition) is 2. The highest BCUT2D eigenvalue weighted by atomic mass is 19.3. The molecule has 0 amide bonds. The summed E-state index contributed by atoms with van der Waals surface area (Å²) < 4.78 is 26.5. The summed E-state index contributed by atoms with van der Waals surface area (Å²) in [6.07, 6.45) is 0.992. The Balaban J connectivity index is 2.16. The van der Waals surface area contributed by atoms with E-state index in [2.05, 4.69) is 17.6 Å². The van der Waals surface area contributed by atoms with Gasteiger partial charge in [0.05, 0.1) is 0 Å². The fraction of sp³-hybridized carbons (Fsp3) is 0.600. The zero-order chi connectivity index (χ0) is 14.0. The molecule has 0 radical (unpaired) electrons. The Hall–Kier alpha value is -1.00. The van der Waals surface area contributed by atoms with E-state index in [4.69, 9.17) is 5.84 Å². The van der Waals surface area contributed by atoms with Gasteiger partial charge in [-0.15, -0.1) is 0 Å². The van der Waals surface area contributed by atoms with Crippen molar-refractivity contribution in [3.8, 4) is 0 Å². The van der Waals surface area contributed by atoms with Crippen LogP contribution in [0.1, 0.15) is 48.4 Å². The molecule has 0 heterocycles. The topological polar surface area (TPSA) is 38.0 Å². The minimum Gasteiger partial charge on any atom is -0.271 e. The quantitative estimate of drug-likeness (QED) is 0.649. The van der Waals surface area contributed by atoms with Crippen LogP contribution in [0.4, 0.5) is 8.78 Å². The van der Waals surface area contributed by atoms with Crippen LogP contribution in [0.15, 0.2) is 18.2 Å². The number of benzene rings is 1. The molecule has 1 fully saturated rings. The van der Waals surface area contributed by atoms with Crippen LogP contribution >= 0.6 is 0 Å². The van der Waals surface area contributed by atoms with Gasteiger partial charge in [-0.2, -0.15) is 0 Å². The Morgan fingerprint density at radius 2 is 1.89 bits per heavy atom. The van der Waals surface area contributed by atoms with E-state index in [0.29, 0.717) is 12.8 Å². The van der Waals surface area contributed by atoms with Gasteiger partial charge in [-0.05, 0) is 43.7 Å². The van der Waals surface area contributed by atoms with Crippen molar-refractivity contribution in [2.75, 3.05) is 0 Å². The maximum atomic E-state index is 13.2. The molecule has 0 aliphatic heterocycles. The maximum absolute atomic E-state index is 13.2. The molecular weight excluding hydrogens is 246 g/mol. The van der Waals surface area contributed by atoms with Crippen LogP contribution in [0.5, 0.6) is 0 Å². The molecule has 2 rings (SSSR count). The van der Waals surface area contributed by atoms with Crippen LogP contribution in [0.3, 0.4) is 0 Å². The van der Waals surface area contributed by atoms with Gasteiger partial charge in [0.15, 0.2) is 0 Å². The van der Waals surface area contributed by atoms with Crippen LogP contribution in [-0.4, -0.2) is 5.92 Å². The monoisotopic (exact) mass is 268 g/mol. The lowest BCUT2D eigenvalue weighted by Crippen LogP contribution is -2.37. The highest BCUT2D eigenvalue weighted by Crippen LogP contribution is 2.41. The van der Waals surface area contributed by atoms with Gasteiger partial charge < -0.3 is 0 Å². The number of hydrazine groups is 1. The predicted molar refractivity (Wildman–Crippen MR) is 72.9 cm³/mol. The Kier molecular flexibility index (Phi) is 4.21. The van der Waals surface area contributed by atoms with Gasteiger partial charge in [0.2, 0.25) is 5.92 Å². The van der Waals surface area contributed by atoms with Gasteiger partial charge in [-0.25, -0.2) is 8.78 Å². The van der Waals surface area contributed by atoms with Crippen molar-refractivity contribution in [3.05, 3.63) is 34.9 Å². The standard InChI is InChI=1S/C15H22F2N2/c1-10-3-4-13(11(2)9-10)14(19-18)12-5-7-15(16,17)8-6-12/h3-4,9,12,14,19H,5-8,18H2,1-2H3.